The lowest BCUT2D eigenvalue weighted by Crippen LogP contribution is -2.41. The van der Waals surface area contributed by atoms with Gasteiger partial charge in [-0.05, 0) is 25.2 Å². The summed E-state index contributed by atoms with van der Waals surface area (Å²) >= 11 is 0. The molecular formula is C26H39N3O4. The van der Waals surface area contributed by atoms with E-state index in [2.05, 4.69) is 15.3 Å². The van der Waals surface area contributed by atoms with Crippen molar-refractivity contribution in [2.45, 2.75) is 103 Å². The first kappa shape index (κ1) is 26.8. The molecule has 0 aromatic carbocycles. The maximum absolute atomic E-state index is 13.0. The molecule has 2 heterocycles. The fraction of sp³-hybridized carbons (Fsp3) is 0.692. The van der Waals surface area contributed by atoms with Gasteiger partial charge in [0.15, 0.2) is 11.6 Å². The highest BCUT2D eigenvalue weighted by atomic mass is 16.2. The van der Waals surface area contributed by atoms with Crippen LogP contribution >= 0.6 is 0 Å². The summed E-state index contributed by atoms with van der Waals surface area (Å²) < 4.78 is 0. The van der Waals surface area contributed by atoms with Gasteiger partial charge in [-0.1, -0.05) is 65.2 Å². The number of aromatic nitrogens is 2. The van der Waals surface area contributed by atoms with Gasteiger partial charge in [0.25, 0.3) is 0 Å². The third-order valence-electron chi connectivity index (χ3n) is 6.18. The van der Waals surface area contributed by atoms with E-state index in [0.717, 1.165) is 51.2 Å². The van der Waals surface area contributed by atoms with Crippen molar-refractivity contribution in [1.82, 2.24) is 15.3 Å². The van der Waals surface area contributed by atoms with Crippen LogP contribution in [0.3, 0.4) is 0 Å². The van der Waals surface area contributed by atoms with Crippen molar-refractivity contribution in [2.75, 3.05) is 0 Å². The fourth-order valence-electron chi connectivity index (χ4n) is 4.29. The van der Waals surface area contributed by atoms with Crippen molar-refractivity contribution in [2.24, 2.45) is 11.8 Å². The van der Waals surface area contributed by atoms with Gasteiger partial charge in [-0.3, -0.25) is 19.4 Å². The predicted molar refractivity (Wildman–Crippen MR) is 127 cm³/mol. The highest BCUT2D eigenvalue weighted by Crippen LogP contribution is 2.20. The predicted octanol–water partition coefficient (Wildman–Crippen LogP) is 4.88. The Morgan fingerprint density at radius 1 is 0.970 bits per heavy atom. The molecule has 7 heteroatoms. The number of carbonyl (C=O) groups is 4. The zero-order chi connectivity index (χ0) is 24.1. The van der Waals surface area contributed by atoms with Gasteiger partial charge in [0.1, 0.15) is 17.7 Å². The first-order valence-corrected chi connectivity index (χ1v) is 12.5. The Kier molecular flexibility index (Phi) is 11.9. The minimum atomic E-state index is -0.554. The van der Waals surface area contributed by atoms with Crippen LogP contribution in [0.1, 0.15) is 118 Å². The molecule has 0 spiro atoms. The summed E-state index contributed by atoms with van der Waals surface area (Å²) in [6, 6.07) is -0.554. The maximum Gasteiger partial charge on any atom is 0.224 e. The zero-order valence-corrected chi connectivity index (χ0v) is 20.2. The number of carbonyl (C=O) groups excluding carboxylic acids is 4. The number of amides is 1. The Balaban J connectivity index is 2.15. The molecule has 0 saturated heterocycles. The first-order valence-electron chi connectivity index (χ1n) is 12.5. The second-order valence-electron chi connectivity index (χ2n) is 9.64. The molecule has 0 radical (unpaired) electrons. The van der Waals surface area contributed by atoms with Gasteiger partial charge in [-0.2, -0.15) is 0 Å². The summed E-state index contributed by atoms with van der Waals surface area (Å²) in [7, 11) is 0. The van der Waals surface area contributed by atoms with Crippen molar-refractivity contribution in [3.63, 3.8) is 0 Å². The van der Waals surface area contributed by atoms with E-state index < -0.39 is 12.0 Å². The minimum Gasteiger partial charge on any atom is -0.346 e. The molecule has 0 fully saturated rings. The highest BCUT2D eigenvalue weighted by molar-refractivity contribution is 5.99. The summed E-state index contributed by atoms with van der Waals surface area (Å²) in [6.07, 6.45) is 14.5. The summed E-state index contributed by atoms with van der Waals surface area (Å²) in [5.41, 5.74) is 0.329. The Labute approximate surface area is 197 Å². The Morgan fingerprint density at radius 2 is 1.55 bits per heavy atom. The number of hydrogen-bond acceptors (Lipinski definition) is 6. The van der Waals surface area contributed by atoms with Crippen molar-refractivity contribution in [1.29, 1.82) is 0 Å². The second-order valence-corrected chi connectivity index (χ2v) is 9.64. The lowest BCUT2D eigenvalue weighted by Gasteiger charge is -2.20. The van der Waals surface area contributed by atoms with Crippen molar-refractivity contribution >= 4 is 23.8 Å². The second kappa shape index (κ2) is 14.7. The molecule has 33 heavy (non-hydrogen) atoms. The van der Waals surface area contributed by atoms with E-state index in [1.807, 2.05) is 13.8 Å². The molecule has 1 aromatic heterocycles. The minimum absolute atomic E-state index is 0.00852. The quantitative estimate of drug-likeness (QED) is 0.632. The Hall–Kier alpha value is -2.44. The molecule has 1 aliphatic rings. The molecule has 1 aliphatic heterocycles. The fourth-order valence-corrected chi connectivity index (χ4v) is 4.29. The van der Waals surface area contributed by atoms with E-state index in [-0.39, 0.29) is 41.2 Å². The average molecular weight is 458 g/mol. The highest BCUT2D eigenvalue weighted by Gasteiger charge is 2.26. The zero-order valence-electron chi connectivity index (χ0n) is 20.2. The summed E-state index contributed by atoms with van der Waals surface area (Å²) in [6.45, 7) is 3.99. The molecule has 2 rings (SSSR count). The van der Waals surface area contributed by atoms with Crippen molar-refractivity contribution < 1.29 is 19.2 Å². The number of hydrogen-bond donors (Lipinski definition) is 1. The lowest BCUT2D eigenvalue weighted by atomic mass is 9.92. The van der Waals surface area contributed by atoms with Gasteiger partial charge < -0.3 is 10.1 Å². The number of rotatable bonds is 5. The van der Waals surface area contributed by atoms with Gasteiger partial charge in [-0.15, -0.1) is 0 Å². The van der Waals surface area contributed by atoms with Crippen molar-refractivity contribution in [3.05, 3.63) is 23.8 Å². The van der Waals surface area contributed by atoms with E-state index in [4.69, 9.17) is 0 Å². The van der Waals surface area contributed by atoms with Crippen molar-refractivity contribution in [3.8, 4) is 0 Å². The topological polar surface area (TPSA) is 106 Å². The monoisotopic (exact) mass is 457 g/mol. The number of nitrogens with one attached hydrogen (secondary N) is 1. The number of nitrogens with zero attached hydrogens (tertiary/aromatic N) is 2. The van der Waals surface area contributed by atoms with E-state index in [1.165, 1.54) is 25.2 Å². The molecule has 1 aromatic rings. The molecule has 2 bridgehead atoms. The van der Waals surface area contributed by atoms with Gasteiger partial charge in [0, 0.05) is 18.8 Å². The molecule has 0 aliphatic carbocycles. The van der Waals surface area contributed by atoms with E-state index >= 15 is 0 Å². The number of aldehydes is 1. The molecule has 1 N–H and O–H groups in total. The van der Waals surface area contributed by atoms with Gasteiger partial charge in [0.2, 0.25) is 5.91 Å². The standard InChI is InChI=1S/C26H39N3O4/c1-19(2)14-21(18-30)28-26(33)20-12-10-8-6-4-3-5-7-9-11-13-24(31)22-16-27-17-23(29-22)25(32)15-20/h16-21H,3-15H2,1-2H3,(H,28,33)/t20-,21+/m1/s1. The Bertz CT molecular complexity index is 793. The molecule has 1 amide bonds. The SMILES string of the molecule is CC(C)C[C@@H](C=O)NC(=O)[C@@H]1CCCCCCCCCCCC(=O)c2cncc(n2)C(=O)C1. The molecule has 2 atom stereocenters. The van der Waals surface area contributed by atoms with Crippen LogP contribution in [0, 0.1) is 11.8 Å². The number of Topliss-reactive ketones (excluding diaryl/α,β-unsaturated/α-hetero) is 2. The third-order valence-corrected chi connectivity index (χ3v) is 6.18. The number of ketones is 2. The van der Waals surface area contributed by atoms with Gasteiger partial charge in [-0.25, -0.2) is 4.98 Å². The first-order chi connectivity index (χ1) is 15.9. The summed E-state index contributed by atoms with van der Waals surface area (Å²) in [5.74, 6) is -0.939. The van der Waals surface area contributed by atoms with Gasteiger partial charge in [0.05, 0.1) is 18.4 Å². The van der Waals surface area contributed by atoms with Crippen LogP contribution in [0.5, 0.6) is 0 Å². The van der Waals surface area contributed by atoms with E-state index in [9.17, 15) is 19.2 Å². The lowest BCUT2D eigenvalue weighted by molar-refractivity contribution is -0.127. The smallest absolute Gasteiger partial charge is 0.224 e. The van der Waals surface area contributed by atoms with Crippen LogP contribution in [0.15, 0.2) is 12.4 Å². The van der Waals surface area contributed by atoms with E-state index in [1.54, 1.807) is 0 Å². The molecular weight excluding hydrogens is 418 g/mol. The van der Waals surface area contributed by atoms with Crippen LogP contribution in [0.2, 0.25) is 0 Å². The van der Waals surface area contributed by atoms with Gasteiger partial charge >= 0.3 is 0 Å². The maximum atomic E-state index is 13.0. The molecule has 0 saturated carbocycles. The summed E-state index contributed by atoms with van der Waals surface area (Å²) in [4.78, 5) is 58.2. The molecule has 7 nitrogen and oxygen atoms in total. The Morgan fingerprint density at radius 3 is 2.15 bits per heavy atom. The average Bonchev–Trinajstić information content (AvgIpc) is 2.80. The summed E-state index contributed by atoms with van der Waals surface area (Å²) in [5, 5.41) is 2.82. The normalized spacial score (nSPS) is 20.5. The van der Waals surface area contributed by atoms with Crippen LogP contribution < -0.4 is 5.32 Å². The van der Waals surface area contributed by atoms with Crippen LogP contribution in [0.4, 0.5) is 0 Å². The number of fused-ring (bicyclic) bond motifs is 2. The van der Waals surface area contributed by atoms with Crippen LogP contribution in [-0.2, 0) is 9.59 Å². The van der Waals surface area contributed by atoms with E-state index in [0.29, 0.717) is 19.3 Å². The third kappa shape index (κ3) is 9.93. The van der Waals surface area contributed by atoms with Crippen LogP contribution in [-0.4, -0.2) is 39.8 Å². The molecule has 0 unspecified atom stereocenters. The van der Waals surface area contributed by atoms with Crippen LogP contribution in [0.25, 0.3) is 0 Å². The molecule has 182 valence electrons. The largest absolute Gasteiger partial charge is 0.346 e.